The number of carbonyl (C=O) groups excluding carboxylic acids is 2. The molecule has 0 saturated heterocycles. The minimum Gasteiger partial charge on any atom is -0.354 e. The van der Waals surface area contributed by atoms with Crippen molar-refractivity contribution in [2.75, 3.05) is 17.4 Å². The molecule has 0 aliphatic rings. The molecule has 1 N–H and O–H groups in total. The van der Waals surface area contributed by atoms with Crippen LogP contribution in [0.15, 0.2) is 77.7 Å². The van der Waals surface area contributed by atoms with Crippen molar-refractivity contribution in [2.24, 2.45) is 0 Å². The number of nitrogens with one attached hydrogen (secondary N) is 1. The van der Waals surface area contributed by atoms with Gasteiger partial charge >= 0.3 is 0 Å². The van der Waals surface area contributed by atoms with Gasteiger partial charge in [-0.2, -0.15) is 0 Å². The van der Waals surface area contributed by atoms with E-state index >= 15 is 0 Å². The molecular weight excluding hydrogens is 534 g/mol. The topological polar surface area (TPSA) is 86.8 Å². The zero-order chi connectivity index (χ0) is 28.6. The van der Waals surface area contributed by atoms with Crippen LogP contribution < -0.4 is 9.62 Å². The number of benzene rings is 3. The van der Waals surface area contributed by atoms with Crippen LogP contribution in [0, 0.1) is 13.8 Å². The number of hydrogen-bond acceptors (Lipinski definition) is 4. The fourth-order valence-corrected chi connectivity index (χ4v) is 5.85. The highest BCUT2D eigenvalue weighted by Crippen LogP contribution is 2.29. The van der Waals surface area contributed by atoms with Crippen LogP contribution in [0.5, 0.6) is 0 Å². The number of hydrogen-bond donors (Lipinski definition) is 1. The van der Waals surface area contributed by atoms with Crippen molar-refractivity contribution in [3.8, 4) is 0 Å². The highest BCUT2D eigenvalue weighted by molar-refractivity contribution is 7.92. The molecule has 3 aromatic carbocycles. The lowest BCUT2D eigenvalue weighted by atomic mass is 10.1. The number of aryl methyl sites for hydroxylation is 2. The van der Waals surface area contributed by atoms with Gasteiger partial charge in [0, 0.05) is 18.1 Å². The summed E-state index contributed by atoms with van der Waals surface area (Å²) in [5.41, 5.74) is 2.69. The molecule has 3 aromatic rings. The van der Waals surface area contributed by atoms with Gasteiger partial charge in [-0.05, 0) is 68.7 Å². The first-order valence-electron chi connectivity index (χ1n) is 13.0. The van der Waals surface area contributed by atoms with Gasteiger partial charge in [-0.3, -0.25) is 13.9 Å². The van der Waals surface area contributed by atoms with E-state index in [4.69, 9.17) is 11.6 Å². The van der Waals surface area contributed by atoms with Crippen molar-refractivity contribution in [3.63, 3.8) is 0 Å². The smallest absolute Gasteiger partial charge is 0.264 e. The lowest BCUT2D eigenvalue weighted by molar-refractivity contribution is -0.139. The highest BCUT2D eigenvalue weighted by atomic mass is 35.5. The lowest BCUT2D eigenvalue weighted by Gasteiger charge is -2.32. The Morgan fingerprint density at radius 1 is 0.974 bits per heavy atom. The molecule has 3 rings (SSSR count). The zero-order valence-corrected chi connectivity index (χ0v) is 24.4. The Bertz CT molecular complexity index is 1380. The van der Waals surface area contributed by atoms with Crippen LogP contribution >= 0.6 is 11.6 Å². The summed E-state index contributed by atoms with van der Waals surface area (Å²) in [5.74, 6) is -0.787. The summed E-state index contributed by atoms with van der Waals surface area (Å²) in [6, 6.07) is 19.8. The number of amides is 2. The molecule has 0 aliphatic carbocycles. The summed E-state index contributed by atoms with van der Waals surface area (Å²) in [4.78, 5) is 28.4. The summed E-state index contributed by atoms with van der Waals surface area (Å²) < 4.78 is 28.9. The molecule has 0 radical (unpaired) electrons. The molecule has 208 valence electrons. The normalized spacial score (nSPS) is 12.0. The average molecular weight is 570 g/mol. The maximum absolute atomic E-state index is 13.9. The zero-order valence-electron chi connectivity index (χ0n) is 22.9. The van der Waals surface area contributed by atoms with Gasteiger partial charge in [0.05, 0.1) is 10.6 Å². The fraction of sp³-hybridized carbons (Fsp3) is 0.333. The minimum atomic E-state index is -4.13. The van der Waals surface area contributed by atoms with E-state index in [-0.39, 0.29) is 17.3 Å². The third-order valence-corrected chi connectivity index (χ3v) is 8.52. The van der Waals surface area contributed by atoms with E-state index in [2.05, 4.69) is 5.32 Å². The fourth-order valence-electron chi connectivity index (χ4n) is 4.15. The van der Waals surface area contributed by atoms with Crippen LogP contribution in [0.2, 0.25) is 5.02 Å². The van der Waals surface area contributed by atoms with Crippen LogP contribution in [0.25, 0.3) is 0 Å². The van der Waals surface area contributed by atoms with E-state index in [1.807, 2.05) is 44.2 Å². The second-order valence-electron chi connectivity index (χ2n) is 9.58. The van der Waals surface area contributed by atoms with Crippen molar-refractivity contribution in [3.05, 3.63) is 94.5 Å². The third-order valence-electron chi connectivity index (χ3n) is 6.51. The van der Waals surface area contributed by atoms with Gasteiger partial charge in [0.1, 0.15) is 12.6 Å². The van der Waals surface area contributed by atoms with E-state index in [1.54, 1.807) is 44.2 Å². The highest BCUT2D eigenvalue weighted by Gasteiger charge is 2.33. The quantitative estimate of drug-likeness (QED) is 0.292. The number of rotatable bonds is 12. The van der Waals surface area contributed by atoms with Crippen molar-refractivity contribution < 1.29 is 18.0 Å². The molecule has 0 unspecified atom stereocenters. The van der Waals surface area contributed by atoms with Gasteiger partial charge in [-0.25, -0.2) is 8.42 Å². The summed E-state index contributed by atoms with van der Waals surface area (Å²) >= 11 is 6.16. The monoisotopic (exact) mass is 569 g/mol. The molecule has 2 amide bonds. The van der Waals surface area contributed by atoms with E-state index < -0.39 is 28.5 Å². The first-order chi connectivity index (χ1) is 18.5. The van der Waals surface area contributed by atoms with Crippen molar-refractivity contribution >= 4 is 39.1 Å². The number of carbonyl (C=O) groups is 2. The van der Waals surface area contributed by atoms with Crippen LogP contribution in [0.1, 0.15) is 43.4 Å². The molecule has 9 heteroatoms. The standard InChI is InChI=1S/C30H36ClN3O4S/c1-5-6-18-32-30(36)24(4)33(20-25-10-8-7-9-11-25)29(35)21-34(28-17-14-26(31)19-23(28)3)39(37,38)27-15-12-22(2)13-16-27/h7-17,19,24H,5-6,18,20-21H2,1-4H3,(H,32,36)/t24-/m1/s1. The van der Waals surface area contributed by atoms with E-state index in [9.17, 15) is 18.0 Å². The van der Waals surface area contributed by atoms with Gasteiger partial charge in [0.2, 0.25) is 11.8 Å². The van der Waals surface area contributed by atoms with Crippen molar-refractivity contribution in [1.29, 1.82) is 0 Å². The Balaban J connectivity index is 2.02. The molecule has 1 atom stereocenters. The van der Waals surface area contributed by atoms with E-state index in [0.29, 0.717) is 22.8 Å². The molecule has 39 heavy (non-hydrogen) atoms. The number of unbranched alkanes of at least 4 members (excludes halogenated alkanes) is 1. The molecule has 7 nitrogen and oxygen atoms in total. The van der Waals surface area contributed by atoms with E-state index in [0.717, 1.165) is 28.3 Å². The summed E-state index contributed by atoms with van der Waals surface area (Å²) in [5, 5.41) is 3.34. The molecule has 0 fully saturated rings. The van der Waals surface area contributed by atoms with Crippen molar-refractivity contribution in [1.82, 2.24) is 10.2 Å². The molecule has 0 heterocycles. The summed E-state index contributed by atoms with van der Waals surface area (Å²) in [6.07, 6.45) is 1.75. The largest absolute Gasteiger partial charge is 0.354 e. The van der Waals surface area contributed by atoms with Gasteiger partial charge in [0.25, 0.3) is 10.0 Å². The molecular formula is C30H36ClN3O4S. The first-order valence-corrected chi connectivity index (χ1v) is 14.8. The average Bonchev–Trinajstić information content (AvgIpc) is 2.91. The number of sulfonamides is 1. The summed E-state index contributed by atoms with van der Waals surface area (Å²) in [6.45, 7) is 7.48. The molecule has 0 spiro atoms. The second kappa shape index (κ2) is 13.6. The molecule has 0 aromatic heterocycles. The minimum absolute atomic E-state index is 0.0650. The Morgan fingerprint density at radius 3 is 2.26 bits per heavy atom. The first kappa shape index (κ1) is 30.2. The van der Waals surface area contributed by atoms with Gasteiger partial charge in [-0.1, -0.05) is 73.0 Å². The lowest BCUT2D eigenvalue weighted by Crippen LogP contribution is -2.51. The van der Waals surface area contributed by atoms with Crippen LogP contribution in [-0.2, 0) is 26.2 Å². The predicted molar refractivity (Wildman–Crippen MR) is 156 cm³/mol. The van der Waals surface area contributed by atoms with Gasteiger partial charge in [-0.15, -0.1) is 0 Å². The van der Waals surface area contributed by atoms with Gasteiger partial charge < -0.3 is 10.2 Å². The Kier molecular flexibility index (Phi) is 10.5. The number of anilines is 1. The van der Waals surface area contributed by atoms with Crippen LogP contribution in [-0.4, -0.2) is 44.3 Å². The maximum Gasteiger partial charge on any atom is 0.264 e. The summed E-state index contributed by atoms with van der Waals surface area (Å²) in [7, 11) is -4.13. The Hall–Kier alpha value is -3.36. The SMILES string of the molecule is CCCCNC(=O)[C@@H](C)N(Cc1ccccc1)C(=O)CN(c1ccc(Cl)cc1C)S(=O)(=O)c1ccc(C)cc1. The number of halogens is 1. The molecule has 0 aliphatic heterocycles. The second-order valence-corrected chi connectivity index (χ2v) is 11.9. The molecule has 0 bridgehead atoms. The maximum atomic E-state index is 13.9. The third kappa shape index (κ3) is 7.83. The molecule has 0 saturated carbocycles. The van der Waals surface area contributed by atoms with Crippen LogP contribution in [0.3, 0.4) is 0 Å². The Morgan fingerprint density at radius 2 is 1.64 bits per heavy atom. The van der Waals surface area contributed by atoms with Crippen LogP contribution in [0.4, 0.5) is 5.69 Å². The van der Waals surface area contributed by atoms with Crippen molar-refractivity contribution in [2.45, 2.75) is 58.0 Å². The van der Waals surface area contributed by atoms with E-state index in [1.165, 1.54) is 17.0 Å². The predicted octanol–water partition coefficient (Wildman–Crippen LogP) is 5.49. The van der Waals surface area contributed by atoms with Gasteiger partial charge in [0.15, 0.2) is 0 Å². The number of nitrogens with zero attached hydrogens (tertiary/aromatic N) is 2. The Labute approximate surface area is 236 Å².